The Bertz CT molecular complexity index is 1790. The first-order valence-electron chi connectivity index (χ1n) is 17.0. The molecule has 9 heteroatoms. The van der Waals surface area contributed by atoms with Gasteiger partial charge in [-0.25, -0.2) is 0 Å². The maximum atomic E-state index is 9.52. The summed E-state index contributed by atoms with van der Waals surface area (Å²) in [6, 6.07) is 47.2. The second kappa shape index (κ2) is 20.7. The van der Waals surface area contributed by atoms with Gasteiger partial charge in [-0.15, -0.1) is 34.3 Å². The average molecular weight is 881 g/mol. The number of benzene rings is 4. The van der Waals surface area contributed by atoms with E-state index in [1.165, 1.54) is 32.0 Å². The van der Waals surface area contributed by atoms with Crippen molar-refractivity contribution in [2.45, 2.75) is 44.2 Å². The van der Waals surface area contributed by atoms with Crippen LogP contribution in [0.15, 0.2) is 153 Å². The highest BCUT2D eigenvalue weighted by molar-refractivity contribution is 9.10. The lowest BCUT2D eigenvalue weighted by atomic mass is 9.94. The topological polar surface area (TPSA) is 35.9 Å². The molecule has 272 valence electrons. The lowest BCUT2D eigenvalue weighted by Gasteiger charge is -2.44. The van der Waals surface area contributed by atoms with Crippen molar-refractivity contribution in [2.75, 3.05) is 26.2 Å². The molecule has 0 saturated carbocycles. The number of likely N-dealkylation sites (tertiary alicyclic amines) is 2. The van der Waals surface area contributed by atoms with Crippen molar-refractivity contribution in [1.82, 2.24) is 9.80 Å². The van der Waals surface area contributed by atoms with Gasteiger partial charge in [-0.05, 0) is 66.2 Å². The standard InChI is InChI=1S/C21H20BrNOS.C16H17NO.C5H4BrClS.CH4/c22-18-11-20(25-15-18)14-24-19-12-23(13-19)21(16-7-3-1-4-8-16)17-9-5-2-6-10-17;18-15-11-17(12-15)16(13-7-3-1-4-8-13)14-9-5-2-6-10-14;6-4-1-5(2-7)8-3-4;/h1-11,15,19,21H,12-14H2;1-10,15-16,18H,11-12H2;1,3H,2H2;1H4. The molecule has 0 atom stereocenters. The molecule has 6 aromatic rings. The predicted octanol–water partition coefficient (Wildman–Crippen LogP) is 11.8. The third-order valence-electron chi connectivity index (χ3n) is 8.79. The van der Waals surface area contributed by atoms with Crippen LogP contribution in [0.4, 0.5) is 0 Å². The Morgan fingerprint density at radius 3 is 1.29 bits per heavy atom. The lowest BCUT2D eigenvalue weighted by Crippen LogP contribution is -2.53. The van der Waals surface area contributed by atoms with Gasteiger partial charge in [0.15, 0.2) is 0 Å². The summed E-state index contributed by atoms with van der Waals surface area (Å²) in [6.07, 6.45) is 0.149. The smallest absolute Gasteiger partial charge is 0.0834 e. The fraction of sp³-hybridized carbons (Fsp3) is 0.256. The zero-order valence-corrected chi connectivity index (χ0v) is 33.7. The molecule has 0 bridgehead atoms. The lowest BCUT2D eigenvalue weighted by molar-refractivity contribution is -0.0733. The van der Waals surface area contributed by atoms with E-state index in [-0.39, 0.29) is 19.6 Å². The molecule has 0 amide bonds. The number of β-amino-alcohol motifs (C(OH)–C–C–N with tert-alkyl or cyclic N) is 1. The number of thiophene rings is 2. The quantitative estimate of drug-likeness (QED) is 0.139. The summed E-state index contributed by atoms with van der Waals surface area (Å²) in [4.78, 5) is 7.29. The van der Waals surface area contributed by atoms with Crippen molar-refractivity contribution in [3.63, 3.8) is 0 Å². The molecule has 0 unspecified atom stereocenters. The van der Waals surface area contributed by atoms with E-state index in [1.54, 1.807) is 22.7 Å². The van der Waals surface area contributed by atoms with E-state index in [9.17, 15) is 5.11 Å². The average Bonchev–Trinajstić information content (AvgIpc) is 3.77. The van der Waals surface area contributed by atoms with E-state index in [0.717, 1.165) is 35.1 Å². The summed E-state index contributed by atoms with van der Waals surface area (Å²) < 4.78 is 8.34. The van der Waals surface area contributed by atoms with Gasteiger partial charge in [0.25, 0.3) is 0 Å². The Hall–Kier alpha value is -2.63. The van der Waals surface area contributed by atoms with Crippen LogP contribution in [0.1, 0.15) is 51.5 Å². The van der Waals surface area contributed by atoms with Crippen LogP contribution >= 0.6 is 66.1 Å². The van der Waals surface area contributed by atoms with Crippen LogP contribution in [0.25, 0.3) is 0 Å². The van der Waals surface area contributed by atoms with Gasteiger partial charge in [0.05, 0.1) is 36.8 Å². The second-order valence-electron chi connectivity index (χ2n) is 12.5. The maximum absolute atomic E-state index is 9.52. The normalized spacial score (nSPS) is 14.7. The molecule has 2 fully saturated rings. The zero-order valence-electron chi connectivity index (χ0n) is 28.1. The van der Waals surface area contributed by atoms with E-state index in [0.29, 0.717) is 24.6 Å². The van der Waals surface area contributed by atoms with Gasteiger partial charge in [0.1, 0.15) is 0 Å². The summed E-state index contributed by atoms with van der Waals surface area (Å²) in [7, 11) is 0. The summed E-state index contributed by atoms with van der Waals surface area (Å²) in [5.74, 6) is 0.621. The van der Waals surface area contributed by atoms with Crippen molar-refractivity contribution < 1.29 is 9.84 Å². The third kappa shape index (κ3) is 11.4. The Labute approximate surface area is 338 Å². The third-order valence-corrected chi connectivity index (χ3v) is 12.6. The summed E-state index contributed by atoms with van der Waals surface area (Å²) >= 11 is 15.8. The van der Waals surface area contributed by atoms with E-state index in [1.807, 2.05) is 23.6 Å². The molecule has 4 nitrogen and oxygen atoms in total. The molecule has 2 aliphatic heterocycles. The van der Waals surface area contributed by atoms with Gasteiger partial charge in [-0.2, -0.15) is 0 Å². The molecule has 2 aliphatic rings. The van der Waals surface area contributed by atoms with Crippen molar-refractivity contribution in [3.05, 3.63) is 185 Å². The van der Waals surface area contributed by atoms with Gasteiger partial charge in [0.2, 0.25) is 0 Å². The van der Waals surface area contributed by atoms with E-state index < -0.39 is 0 Å². The highest BCUT2D eigenvalue weighted by Crippen LogP contribution is 2.34. The van der Waals surface area contributed by atoms with Crippen LogP contribution < -0.4 is 0 Å². The van der Waals surface area contributed by atoms with Crippen LogP contribution in [0.3, 0.4) is 0 Å². The van der Waals surface area contributed by atoms with Crippen molar-refractivity contribution in [3.8, 4) is 0 Å². The first-order chi connectivity index (χ1) is 25.0. The van der Waals surface area contributed by atoms with E-state index >= 15 is 0 Å². The molecule has 0 radical (unpaired) electrons. The zero-order chi connectivity index (χ0) is 35.4. The number of nitrogens with zero attached hydrogens (tertiary/aromatic N) is 2. The monoisotopic (exact) mass is 878 g/mol. The van der Waals surface area contributed by atoms with Crippen molar-refractivity contribution in [1.29, 1.82) is 0 Å². The Kier molecular flexibility index (Phi) is 16.2. The number of aliphatic hydroxyl groups is 1. The molecule has 4 heterocycles. The Balaban J connectivity index is 0.000000169. The molecule has 52 heavy (non-hydrogen) atoms. The minimum absolute atomic E-state index is 0. The highest BCUT2D eigenvalue weighted by atomic mass is 79.9. The first kappa shape index (κ1) is 40.6. The number of hydrogen-bond acceptors (Lipinski definition) is 6. The number of alkyl halides is 1. The first-order valence-corrected chi connectivity index (χ1v) is 20.8. The number of rotatable bonds is 10. The number of aliphatic hydroxyl groups excluding tert-OH is 1. The molecule has 4 aromatic carbocycles. The van der Waals surface area contributed by atoms with Crippen LogP contribution in [-0.4, -0.2) is 53.3 Å². The highest BCUT2D eigenvalue weighted by Gasteiger charge is 2.35. The molecule has 2 saturated heterocycles. The SMILES string of the molecule is Brc1csc(COC2CN(C(c3ccccc3)c3ccccc3)C2)c1.C.ClCc1cc(Br)cs1.OC1CN(C(c2ccccc2)c2ccccc2)C1. The number of halogens is 3. The molecular formula is C43H45Br2ClN2O2S2. The van der Waals surface area contributed by atoms with Crippen LogP contribution in [0.2, 0.25) is 0 Å². The van der Waals surface area contributed by atoms with E-state index in [2.05, 4.69) is 162 Å². The molecule has 8 rings (SSSR count). The molecule has 0 spiro atoms. The fourth-order valence-corrected chi connectivity index (χ4v) is 9.24. The minimum Gasteiger partial charge on any atom is -0.390 e. The second-order valence-corrected chi connectivity index (χ2v) is 16.6. The fourth-order valence-electron chi connectivity index (χ4n) is 6.31. The van der Waals surface area contributed by atoms with Gasteiger partial charge < -0.3 is 9.84 Å². The van der Waals surface area contributed by atoms with Crippen LogP contribution in [-0.2, 0) is 17.2 Å². The summed E-state index contributed by atoms with van der Waals surface area (Å²) in [5, 5.41) is 13.6. The van der Waals surface area contributed by atoms with Crippen LogP contribution in [0.5, 0.6) is 0 Å². The molecule has 2 aromatic heterocycles. The minimum atomic E-state index is -0.167. The van der Waals surface area contributed by atoms with E-state index in [4.69, 9.17) is 16.3 Å². The van der Waals surface area contributed by atoms with Gasteiger partial charge in [-0.1, -0.05) is 129 Å². The molecule has 0 aliphatic carbocycles. The maximum Gasteiger partial charge on any atom is 0.0834 e. The summed E-state index contributed by atoms with van der Waals surface area (Å²) in [5.41, 5.74) is 5.26. The Morgan fingerprint density at radius 1 is 0.615 bits per heavy atom. The predicted molar refractivity (Wildman–Crippen MR) is 228 cm³/mol. The van der Waals surface area contributed by atoms with Crippen LogP contribution in [0, 0.1) is 0 Å². The van der Waals surface area contributed by atoms with Gasteiger partial charge in [0, 0.05) is 55.6 Å². The van der Waals surface area contributed by atoms with Crippen molar-refractivity contribution >= 4 is 66.1 Å². The number of hydrogen-bond donors (Lipinski definition) is 1. The largest absolute Gasteiger partial charge is 0.390 e. The van der Waals surface area contributed by atoms with Gasteiger partial charge in [-0.3, -0.25) is 9.80 Å². The number of ether oxygens (including phenoxy) is 1. The van der Waals surface area contributed by atoms with Gasteiger partial charge >= 0.3 is 0 Å². The molecule has 1 N–H and O–H groups in total. The van der Waals surface area contributed by atoms with Crippen molar-refractivity contribution in [2.24, 2.45) is 0 Å². The molecular weight excluding hydrogens is 836 g/mol. The Morgan fingerprint density at radius 2 is 0.981 bits per heavy atom. The summed E-state index contributed by atoms with van der Waals surface area (Å²) in [6.45, 7) is 4.17.